The molecular formula is C33H33FN8O2. The lowest BCUT2D eigenvalue weighted by Crippen LogP contribution is -2.27. The standard InChI is InChI=1S/C33H33FN8O2/c1-41(2)10-11-44-24-14-20(12-22(34)15-24)25-6-5-7-28-26(25)16-30(37-28)33-32-29(39-40-33)9-8-27(38-32)21-13-23(18-35-17-21)36-31(43)19-42(3)4/h5-9,12-18,37H,10-11,19H2,1-4H3,(H,36,43)(H,39,40). The van der Waals surface area contributed by atoms with Crippen LogP contribution >= 0.6 is 0 Å². The minimum Gasteiger partial charge on any atom is -0.492 e. The Kier molecular flexibility index (Phi) is 8.05. The highest BCUT2D eigenvalue weighted by Crippen LogP contribution is 2.35. The lowest BCUT2D eigenvalue weighted by Gasteiger charge is -2.12. The van der Waals surface area contributed by atoms with Gasteiger partial charge in [-0.15, -0.1) is 0 Å². The van der Waals surface area contributed by atoms with Crippen LogP contribution in [0.2, 0.25) is 0 Å². The molecule has 2 aromatic carbocycles. The fraction of sp³-hybridized carbons (Fsp3) is 0.212. The molecule has 1 amide bonds. The summed E-state index contributed by atoms with van der Waals surface area (Å²) in [4.78, 5) is 28.8. The van der Waals surface area contributed by atoms with E-state index < -0.39 is 0 Å². The summed E-state index contributed by atoms with van der Waals surface area (Å²) in [6, 6.07) is 18.3. The Morgan fingerprint density at radius 2 is 1.82 bits per heavy atom. The van der Waals surface area contributed by atoms with Gasteiger partial charge in [0.15, 0.2) is 0 Å². The first-order chi connectivity index (χ1) is 21.2. The molecule has 0 aliphatic heterocycles. The van der Waals surface area contributed by atoms with E-state index in [1.165, 1.54) is 12.1 Å². The molecular weight excluding hydrogens is 559 g/mol. The molecule has 0 aliphatic rings. The Morgan fingerprint density at radius 1 is 0.955 bits per heavy atom. The van der Waals surface area contributed by atoms with Gasteiger partial charge < -0.3 is 24.8 Å². The topological polar surface area (TPSA) is 115 Å². The third-order valence-corrected chi connectivity index (χ3v) is 7.09. The van der Waals surface area contributed by atoms with Crippen molar-refractivity contribution in [2.45, 2.75) is 0 Å². The number of halogens is 1. The maximum Gasteiger partial charge on any atom is 0.238 e. The number of ether oxygens (including phenoxy) is 1. The van der Waals surface area contributed by atoms with E-state index in [1.807, 2.05) is 81.6 Å². The minimum absolute atomic E-state index is 0.126. The number of H-pyrrole nitrogens is 2. The van der Waals surface area contributed by atoms with Crippen molar-refractivity contribution < 1.29 is 13.9 Å². The van der Waals surface area contributed by atoms with Crippen LogP contribution in [-0.4, -0.2) is 88.7 Å². The molecule has 0 bridgehead atoms. The molecule has 6 aromatic rings. The van der Waals surface area contributed by atoms with Gasteiger partial charge in [-0.05, 0) is 81.8 Å². The smallest absolute Gasteiger partial charge is 0.238 e. The molecule has 11 heteroatoms. The molecule has 10 nitrogen and oxygen atoms in total. The van der Waals surface area contributed by atoms with E-state index in [0.29, 0.717) is 34.9 Å². The van der Waals surface area contributed by atoms with Gasteiger partial charge >= 0.3 is 0 Å². The summed E-state index contributed by atoms with van der Waals surface area (Å²) in [5, 5.41) is 11.5. The SMILES string of the molecule is CN(C)CCOc1cc(F)cc(-c2cccc3[nH]c(-c4n[nH]c5ccc(-c6cncc(NC(=O)CN(C)C)c6)nc45)cc23)c1. The molecule has 0 saturated carbocycles. The molecule has 44 heavy (non-hydrogen) atoms. The quantitative estimate of drug-likeness (QED) is 0.195. The molecule has 0 unspecified atom stereocenters. The van der Waals surface area contributed by atoms with Gasteiger partial charge in [-0.3, -0.25) is 14.9 Å². The summed E-state index contributed by atoms with van der Waals surface area (Å²) in [5.74, 6) is 0.000377. The fourth-order valence-electron chi connectivity index (χ4n) is 5.07. The van der Waals surface area contributed by atoms with Gasteiger partial charge in [0, 0.05) is 35.3 Å². The highest BCUT2D eigenvalue weighted by Gasteiger charge is 2.17. The van der Waals surface area contributed by atoms with Crippen molar-refractivity contribution in [2.24, 2.45) is 0 Å². The molecule has 0 saturated heterocycles. The number of amides is 1. The van der Waals surface area contributed by atoms with E-state index >= 15 is 0 Å². The molecule has 4 heterocycles. The summed E-state index contributed by atoms with van der Waals surface area (Å²) in [7, 11) is 7.61. The van der Waals surface area contributed by atoms with Crippen LogP contribution in [0.4, 0.5) is 10.1 Å². The van der Waals surface area contributed by atoms with Gasteiger partial charge in [0.2, 0.25) is 5.91 Å². The van der Waals surface area contributed by atoms with Crippen LogP contribution in [0, 0.1) is 5.82 Å². The molecule has 3 N–H and O–H groups in total. The number of pyridine rings is 2. The Hall–Kier alpha value is -5.13. The van der Waals surface area contributed by atoms with Gasteiger partial charge in [0.25, 0.3) is 0 Å². The summed E-state index contributed by atoms with van der Waals surface area (Å²) in [6.07, 6.45) is 3.32. The van der Waals surface area contributed by atoms with Crippen molar-refractivity contribution in [1.29, 1.82) is 0 Å². The number of likely N-dealkylation sites (N-methyl/N-ethyl adjacent to an activating group) is 2. The fourth-order valence-corrected chi connectivity index (χ4v) is 5.07. The monoisotopic (exact) mass is 592 g/mol. The lowest BCUT2D eigenvalue weighted by molar-refractivity contribution is -0.116. The first kappa shape index (κ1) is 29.0. The number of nitrogens with zero attached hydrogens (tertiary/aromatic N) is 5. The molecule has 6 rings (SSSR count). The van der Waals surface area contributed by atoms with Crippen molar-refractivity contribution >= 4 is 33.5 Å². The summed E-state index contributed by atoms with van der Waals surface area (Å²) in [5.41, 5.74) is 7.39. The van der Waals surface area contributed by atoms with Crippen molar-refractivity contribution in [3.05, 3.63) is 78.9 Å². The molecule has 4 aromatic heterocycles. The van der Waals surface area contributed by atoms with E-state index in [0.717, 1.165) is 45.3 Å². The summed E-state index contributed by atoms with van der Waals surface area (Å²) < 4.78 is 20.5. The van der Waals surface area contributed by atoms with Crippen LogP contribution < -0.4 is 10.1 Å². The molecule has 0 spiro atoms. The largest absolute Gasteiger partial charge is 0.492 e. The molecule has 0 atom stereocenters. The number of carbonyl (C=O) groups is 1. The van der Waals surface area contributed by atoms with E-state index in [9.17, 15) is 9.18 Å². The van der Waals surface area contributed by atoms with Crippen LogP contribution in [0.5, 0.6) is 5.75 Å². The Bertz CT molecular complexity index is 1960. The minimum atomic E-state index is -0.360. The van der Waals surface area contributed by atoms with E-state index in [-0.39, 0.29) is 18.3 Å². The zero-order chi connectivity index (χ0) is 30.8. The number of anilines is 1. The number of hydrogen-bond donors (Lipinski definition) is 3. The van der Waals surface area contributed by atoms with E-state index in [2.05, 4.69) is 25.5 Å². The van der Waals surface area contributed by atoms with Crippen molar-refractivity contribution in [3.8, 4) is 39.5 Å². The van der Waals surface area contributed by atoms with Crippen LogP contribution in [0.15, 0.2) is 73.1 Å². The highest BCUT2D eigenvalue weighted by molar-refractivity contribution is 6.00. The van der Waals surface area contributed by atoms with Gasteiger partial charge in [-0.1, -0.05) is 12.1 Å². The zero-order valence-electron chi connectivity index (χ0n) is 25.0. The van der Waals surface area contributed by atoms with Crippen LogP contribution in [0.3, 0.4) is 0 Å². The van der Waals surface area contributed by atoms with Gasteiger partial charge in [0.1, 0.15) is 29.4 Å². The Morgan fingerprint density at radius 3 is 2.64 bits per heavy atom. The zero-order valence-corrected chi connectivity index (χ0v) is 25.0. The predicted octanol–water partition coefficient (Wildman–Crippen LogP) is 5.41. The third-order valence-electron chi connectivity index (χ3n) is 7.09. The number of aromatic amines is 2. The predicted molar refractivity (Wildman–Crippen MR) is 171 cm³/mol. The van der Waals surface area contributed by atoms with Crippen LogP contribution in [-0.2, 0) is 4.79 Å². The molecule has 0 fully saturated rings. The van der Waals surface area contributed by atoms with Gasteiger partial charge in [-0.25, -0.2) is 9.37 Å². The van der Waals surface area contributed by atoms with Gasteiger partial charge in [0.05, 0.1) is 35.3 Å². The second-order valence-corrected chi connectivity index (χ2v) is 11.2. The lowest BCUT2D eigenvalue weighted by atomic mass is 10.0. The van der Waals surface area contributed by atoms with E-state index in [1.54, 1.807) is 17.3 Å². The van der Waals surface area contributed by atoms with Crippen molar-refractivity contribution in [3.63, 3.8) is 0 Å². The average Bonchev–Trinajstić information content (AvgIpc) is 3.60. The number of aromatic nitrogens is 5. The number of hydrogen-bond acceptors (Lipinski definition) is 7. The van der Waals surface area contributed by atoms with Gasteiger partial charge in [-0.2, -0.15) is 5.10 Å². The average molecular weight is 593 g/mol. The first-order valence-corrected chi connectivity index (χ1v) is 14.2. The van der Waals surface area contributed by atoms with E-state index in [4.69, 9.17) is 9.72 Å². The number of rotatable bonds is 10. The molecule has 224 valence electrons. The maximum atomic E-state index is 14.7. The Labute approximate surface area is 253 Å². The normalized spacial score (nSPS) is 11.6. The van der Waals surface area contributed by atoms with Crippen molar-refractivity contribution in [2.75, 3.05) is 53.2 Å². The second kappa shape index (κ2) is 12.2. The third kappa shape index (κ3) is 6.29. The molecule has 0 radical (unpaired) electrons. The number of nitrogens with one attached hydrogen (secondary N) is 3. The van der Waals surface area contributed by atoms with Crippen LogP contribution in [0.1, 0.15) is 0 Å². The summed E-state index contributed by atoms with van der Waals surface area (Å²) >= 11 is 0. The number of carbonyl (C=O) groups excluding carboxylic acids is 1. The van der Waals surface area contributed by atoms with Crippen molar-refractivity contribution in [1.82, 2.24) is 34.9 Å². The maximum absolute atomic E-state index is 14.7. The number of fused-ring (bicyclic) bond motifs is 2. The number of benzene rings is 2. The highest BCUT2D eigenvalue weighted by atomic mass is 19.1. The first-order valence-electron chi connectivity index (χ1n) is 14.2. The summed E-state index contributed by atoms with van der Waals surface area (Å²) in [6.45, 7) is 1.45. The molecule has 0 aliphatic carbocycles. The second-order valence-electron chi connectivity index (χ2n) is 11.2. The Balaban J connectivity index is 1.33. The van der Waals surface area contributed by atoms with Crippen LogP contribution in [0.25, 0.3) is 55.7 Å².